The van der Waals surface area contributed by atoms with Gasteiger partial charge in [-0.05, 0) is 64.4 Å². The summed E-state index contributed by atoms with van der Waals surface area (Å²) in [6.07, 6.45) is 1.01. The van der Waals surface area contributed by atoms with Crippen molar-refractivity contribution in [1.29, 1.82) is 0 Å². The monoisotopic (exact) mass is 378 g/mol. The van der Waals surface area contributed by atoms with E-state index in [0.29, 0.717) is 6.54 Å². The van der Waals surface area contributed by atoms with Gasteiger partial charge in [0.1, 0.15) is 18.5 Å². The van der Waals surface area contributed by atoms with Gasteiger partial charge >= 0.3 is 5.97 Å². The quantitative estimate of drug-likeness (QED) is 0.676. The molecule has 1 aromatic carbocycles. The molecule has 0 bridgehead atoms. The molecular weight excluding hydrogens is 344 g/mol. The number of hydrogen-bond donors (Lipinski definition) is 2. The number of nitrogens with zero attached hydrogens (tertiary/aromatic N) is 1. The number of ether oxygens (including phenoxy) is 2. The van der Waals surface area contributed by atoms with Crippen LogP contribution in [0.1, 0.15) is 39.2 Å². The van der Waals surface area contributed by atoms with Gasteiger partial charge in [-0.15, -0.1) is 0 Å². The normalized spacial score (nSPS) is 17.5. The van der Waals surface area contributed by atoms with Crippen molar-refractivity contribution >= 4 is 5.97 Å². The molecule has 1 aliphatic heterocycles. The first-order valence-corrected chi connectivity index (χ1v) is 9.72. The molecule has 1 heterocycles. The van der Waals surface area contributed by atoms with Gasteiger partial charge in [-0.1, -0.05) is 12.1 Å². The lowest BCUT2D eigenvalue weighted by molar-refractivity contribution is -0.147. The first-order chi connectivity index (χ1) is 12.8. The fourth-order valence-electron chi connectivity index (χ4n) is 3.13. The highest BCUT2D eigenvalue weighted by Gasteiger charge is 2.26. The van der Waals surface area contributed by atoms with Crippen LogP contribution < -0.4 is 10.1 Å². The van der Waals surface area contributed by atoms with Gasteiger partial charge in [0.15, 0.2) is 0 Å². The second-order valence-electron chi connectivity index (χ2n) is 8.31. The average Bonchev–Trinajstić information content (AvgIpc) is 2.65. The molecule has 2 rings (SSSR count). The Kier molecular flexibility index (Phi) is 8.07. The van der Waals surface area contributed by atoms with E-state index in [1.165, 1.54) is 12.7 Å². The number of likely N-dealkylation sites (tertiary alicyclic amines) is 1. The zero-order chi connectivity index (χ0) is 19.9. The minimum atomic E-state index is -0.554. The van der Waals surface area contributed by atoms with E-state index in [4.69, 9.17) is 9.47 Å². The van der Waals surface area contributed by atoms with Gasteiger partial charge in [0.2, 0.25) is 0 Å². The van der Waals surface area contributed by atoms with E-state index in [1.54, 1.807) is 0 Å². The lowest BCUT2D eigenvalue weighted by Crippen LogP contribution is -2.42. The van der Waals surface area contributed by atoms with E-state index < -0.39 is 6.10 Å². The van der Waals surface area contributed by atoms with Gasteiger partial charge in [-0.3, -0.25) is 4.79 Å². The molecule has 1 fully saturated rings. The summed E-state index contributed by atoms with van der Waals surface area (Å²) >= 11 is 0. The van der Waals surface area contributed by atoms with Crippen LogP contribution in [0.4, 0.5) is 0 Å². The van der Waals surface area contributed by atoms with Crippen LogP contribution in [0.15, 0.2) is 24.3 Å². The number of carbonyl (C=O) groups is 1. The Labute approximate surface area is 162 Å². The SMILES string of the molecule is COC(=O)C1CCN(CC(O)COc2ccc(CNC(C)(C)C)cc2)CC1. The zero-order valence-electron chi connectivity index (χ0n) is 17.0. The summed E-state index contributed by atoms with van der Waals surface area (Å²) < 4.78 is 10.5. The van der Waals surface area contributed by atoms with Crippen LogP contribution in [0.5, 0.6) is 5.75 Å². The number of methoxy groups -OCH3 is 1. The van der Waals surface area contributed by atoms with Crippen molar-refractivity contribution in [3.63, 3.8) is 0 Å². The zero-order valence-corrected chi connectivity index (χ0v) is 17.0. The highest BCUT2D eigenvalue weighted by molar-refractivity contribution is 5.72. The molecule has 0 amide bonds. The van der Waals surface area contributed by atoms with Crippen LogP contribution in [-0.4, -0.2) is 61.0 Å². The molecule has 6 heteroatoms. The van der Waals surface area contributed by atoms with Crippen LogP contribution in [-0.2, 0) is 16.1 Å². The molecule has 6 nitrogen and oxygen atoms in total. The smallest absolute Gasteiger partial charge is 0.308 e. The van der Waals surface area contributed by atoms with E-state index in [9.17, 15) is 9.90 Å². The van der Waals surface area contributed by atoms with Gasteiger partial charge in [0.25, 0.3) is 0 Å². The molecule has 2 N–H and O–H groups in total. The van der Waals surface area contributed by atoms with Crippen molar-refractivity contribution in [1.82, 2.24) is 10.2 Å². The van der Waals surface area contributed by atoms with Crippen molar-refractivity contribution in [2.75, 3.05) is 33.4 Å². The second kappa shape index (κ2) is 10.1. The van der Waals surface area contributed by atoms with E-state index in [1.807, 2.05) is 24.3 Å². The Bertz CT molecular complexity index is 575. The highest BCUT2D eigenvalue weighted by atomic mass is 16.5. The minimum Gasteiger partial charge on any atom is -0.491 e. The third-order valence-corrected chi connectivity index (χ3v) is 4.78. The number of β-amino-alcohol motifs (C(OH)–C–C–N with tert-alkyl or cyclic N) is 1. The van der Waals surface area contributed by atoms with Gasteiger partial charge < -0.3 is 24.8 Å². The molecule has 0 aliphatic carbocycles. The maximum Gasteiger partial charge on any atom is 0.308 e. The van der Waals surface area contributed by atoms with E-state index in [2.05, 4.69) is 31.0 Å². The molecular formula is C21H34N2O4. The second-order valence-corrected chi connectivity index (χ2v) is 8.31. The molecule has 1 aromatic rings. The van der Waals surface area contributed by atoms with E-state index in [0.717, 1.165) is 38.2 Å². The fourth-order valence-corrected chi connectivity index (χ4v) is 3.13. The summed E-state index contributed by atoms with van der Waals surface area (Å²) in [6.45, 7) is 9.65. The van der Waals surface area contributed by atoms with Crippen molar-refractivity contribution in [3.8, 4) is 5.75 Å². The molecule has 0 saturated carbocycles. The number of carbonyl (C=O) groups excluding carboxylic acids is 1. The standard InChI is InChI=1S/C21H34N2O4/c1-21(2,3)22-13-16-5-7-19(8-6-16)27-15-18(24)14-23-11-9-17(10-12-23)20(25)26-4/h5-8,17-18,22,24H,9-15H2,1-4H3. The molecule has 1 aliphatic rings. The van der Waals surface area contributed by atoms with Crippen molar-refractivity contribution in [2.24, 2.45) is 5.92 Å². The first kappa shape index (κ1) is 21.7. The Morgan fingerprint density at radius 2 is 1.89 bits per heavy atom. The summed E-state index contributed by atoms with van der Waals surface area (Å²) in [6, 6.07) is 7.96. The highest BCUT2D eigenvalue weighted by Crippen LogP contribution is 2.19. The van der Waals surface area contributed by atoms with E-state index in [-0.39, 0.29) is 24.0 Å². The number of nitrogens with one attached hydrogen (secondary N) is 1. The Hall–Kier alpha value is -1.63. The minimum absolute atomic E-state index is 0.00840. The fraction of sp³-hybridized carbons (Fsp3) is 0.667. The number of esters is 1. The number of rotatable bonds is 8. The van der Waals surface area contributed by atoms with Crippen molar-refractivity contribution < 1.29 is 19.4 Å². The van der Waals surface area contributed by atoms with Crippen molar-refractivity contribution in [2.45, 2.75) is 51.8 Å². The summed E-state index contributed by atoms with van der Waals surface area (Å²) in [5.74, 6) is 0.628. The van der Waals surface area contributed by atoms with Crippen LogP contribution in [0.25, 0.3) is 0 Å². The first-order valence-electron chi connectivity index (χ1n) is 9.72. The van der Waals surface area contributed by atoms with Crippen LogP contribution >= 0.6 is 0 Å². The largest absolute Gasteiger partial charge is 0.491 e. The number of hydrogen-bond acceptors (Lipinski definition) is 6. The topological polar surface area (TPSA) is 71.0 Å². The van der Waals surface area contributed by atoms with Crippen LogP contribution in [0.2, 0.25) is 0 Å². The molecule has 1 saturated heterocycles. The van der Waals surface area contributed by atoms with Crippen molar-refractivity contribution in [3.05, 3.63) is 29.8 Å². The molecule has 1 atom stereocenters. The summed E-state index contributed by atoms with van der Waals surface area (Å²) in [7, 11) is 1.43. The third-order valence-electron chi connectivity index (χ3n) is 4.78. The maximum atomic E-state index is 11.6. The number of benzene rings is 1. The molecule has 152 valence electrons. The average molecular weight is 379 g/mol. The lowest BCUT2D eigenvalue weighted by atomic mass is 9.97. The third kappa shape index (κ3) is 7.87. The van der Waals surface area contributed by atoms with Gasteiger partial charge in [0, 0.05) is 18.6 Å². The summed E-state index contributed by atoms with van der Waals surface area (Å²) in [4.78, 5) is 13.7. The predicted octanol–water partition coefficient (Wildman–Crippen LogP) is 2.20. The Morgan fingerprint density at radius 3 is 2.44 bits per heavy atom. The molecule has 27 heavy (non-hydrogen) atoms. The summed E-state index contributed by atoms with van der Waals surface area (Å²) in [5, 5.41) is 13.7. The number of aliphatic hydroxyl groups excluding tert-OH is 1. The Balaban J connectivity index is 1.68. The Morgan fingerprint density at radius 1 is 1.26 bits per heavy atom. The van der Waals surface area contributed by atoms with Gasteiger partial charge in [0.05, 0.1) is 13.0 Å². The van der Waals surface area contributed by atoms with Crippen LogP contribution in [0.3, 0.4) is 0 Å². The molecule has 1 unspecified atom stereocenters. The lowest BCUT2D eigenvalue weighted by Gasteiger charge is -2.31. The van der Waals surface area contributed by atoms with Crippen LogP contribution in [0, 0.1) is 5.92 Å². The summed E-state index contributed by atoms with van der Waals surface area (Å²) in [5.41, 5.74) is 1.29. The van der Waals surface area contributed by atoms with Gasteiger partial charge in [-0.2, -0.15) is 0 Å². The van der Waals surface area contributed by atoms with Gasteiger partial charge in [-0.25, -0.2) is 0 Å². The van der Waals surface area contributed by atoms with E-state index >= 15 is 0 Å². The maximum absolute atomic E-state index is 11.6. The molecule has 0 aromatic heterocycles. The number of piperidine rings is 1. The molecule has 0 spiro atoms. The predicted molar refractivity (Wildman–Crippen MR) is 106 cm³/mol. The number of aliphatic hydroxyl groups is 1. The molecule has 0 radical (unpaired) electrons.